The Bertz CT molecular complexity index is 1110. The van der Waals surface area contributed by atoms with Crippen LogP contribution in [0, 0.1) is 17.0 Å². The molecule has 0 atom stereocenters. The largest absolute Gasteiger partial charge is 0.462 e. The van der Waals surface area contributed by atoms with Gasteiger partial charge in [0, 0.05) is 28.0 Å². The summed E-state index contributed by atoms with van der Waals surface area (Å²) < 4.78 is 5.19. The number of anilines is 1. The number of hydrogen-bond acceptors (Lipinski definition) is 7. The fourth-order valence-corrected chi connectivity index (χ4v) is 4.33. The van der Waals surface area contributed by atoms with Gasteiger partial charge in [0.1, 0.15) is 10.6 Å². The molecular formula is C21H18N2O5S2. The van der Waals surface area contributed by atoms with E-state index in [0.717, 1.165) is 22.5 Å². The Labute approximate surface area is 180 Å². The molecule has 0 saturated heterocycles. The highest BCUT2D eigenvalue weighted by atomic mass is 32.1. The molecule has 9 heteroatoms. The van der Waals surface area contributed by atoms with E-state index in [-0.39, 0.29) is 11.6 Å². The standard InChI is InChI=1S/C21H18N2O5S2/c1-3-28-21(25)19-16(14-6-4-13(2)5-7-14)12-29-20(19)22-17(24)10-8-15-9-11-18(30-15)23(26)27/h4-12H,3H2,1-2H3,(H,22,24)/b10-8+. The number of amides is 1. The van der Waals surface area contributed by atoms with E-state index in [9.17, 15) is 19.7 Å². The van der Waals surface area contributed by atoms with Gasteiger partial charge in [0.05, 0.1) is 11.5 Å². The second-order valence-corrected chi connectivity index (χ2v) is 8.17. The lowest BCUT2D eigenvalue weighted by atomic mass is 10.0. The molecule has 0 aliphatic heterocycles. The Morgan fingerprint density at radius 2 is 1.93 bits per heavy atom. The van der Waals surface area contributed by atoms with Gasteiger partial charge in [-0.15, -0.1) is 11.3 Å². The summed E-state index contributed by atoms with van der Waals surface area (Å²) in [6.45, 7) is 3.91. The van der Waals surface area contributed by atoms with Crippen molar-refractivity contribution in [2.24, 2.45) is 0 Å². The van der Waals surface area contributed by atoms with Crippen molar-refractivity contribution in [3.05, 3.63) is 74.0 Å². The van der Waals surface area contributed by atoms with Crippen LogP contribution < -0.4 is 5.32 Å². The zero-order valence-electron chi connectivity index (χ0n) is 16.2. The third-order valence-electron chi connectivity index (χ3n) is 4.06. The number of hydrogen-bond donors (Lipinski definition) is 1. The van der Waals surface area contributed by atoms with Gasteiger partial charge in [-0.1, -0.05) is 41.2 Å². The highest BCUT2D eigenvalue weighted by Gasteiger charge is 2.22. The molecule has 0 fully saturated rings. The van der Waals surface area contributed by atoms with Crippen LogP contribution in [0.4, 0.5) is 10.0 Å². The van der Waals surface area contributed by atoms with Gasteiger partial charge < -0.3 is 10.1 Å². The minimum atomic E-state index is -0.512. The van der Waals surface area contributed by atoms with Crippen LogP contribution in [-0.4, -0.2) is 23.4 Å². The van der Waals surface area contributed by atoms with E-state index in [0.29, 0.717) is 21.0 Å². The molecule has 0 aliphatic rings. The predicted octanol–water partition coefficient (Wildman–Crippen LogP) is 5.52. The maximum Gasteiger partial charge on any atom is 0.341 e. The second kappa shape index (κ2) is 9.47. The molecular weight excluding hydrogens is 424 g/mol. The predicted molar refractivity (Wildman–Crippen MR) is 119 cm³/mol. The van der Waals surface area contributed by atoms with Gasteiger partial charge in [0.2, 0.25) is 5.91 Å². The van der Waals surface area contributed by atoms with Crippen molar-refractivity contribution in [1.82, 2.24) is 0 Å². The van der Waals surface area contributed by atoms with Crippen molar-refractivity contribution in [2.45, 2.75) is 13.8 Å². The molecule has 2 aromatic heterocycles. The number of carbonyl (C=O) groups is 2. The molecule has 3 aromatic rings. The molecule has 0 unspecified atom stereocenters. The third-order valence-corrected chi connectivity index (χ3v) is 5.96. The Morgan fingerprint density at radius 3 is 2.57 bits per heavy atom. The average Bonchev–Trinajstić information content (AvgIpc) is 3.34. The van der Waals surface area contributed by atoms with Gasteiger partial charge in [-0.05, 0) is 31.6 Å². The number of carbonyl (C=O) groups excluding carboxylic acids is 2. The van der Waals surface area contributed by atoms with E-state index < -0.39 is 16.8 Å². The van der Waals surface area contributed by atoms with Crippen molar-refractivity contribution in [3.8, 4) is 11.1 Å². The van der Waals surface area contributed by atoms with Gasteiger partial charge in [0.15, 0.2) is 0 Å². The summed E-state index contributed by atoms with van der Waals surface area (Å²) >= 11 is 2.20. The topological polar surface area (TPSA) is 98.5 Å². The van der Waals surface area contributed by atoms with Crippen LogP contribution in [0.3, 0.4) is 0 Å². The summed E-state index contributed by atoms with van der Waals surface area (Å²) in [4.78, 5) is 35.8. The second-order valence-electron chi connectivity index (χ2n) is 6.20. The number of benzene rings is 1. The SMILES string of the molecule is CCOC(=O)c1c(-c2ccc(C)cc2)csc1NC(=O)/C=C/c1ccc([N+](=O)[O-])s1. The van der Waals surface area contributed by atoms with E-state index >= 15 is 0 Å². The molecule has 0 aliphatic carbocycles. The van der Waals surface area contributed by atoms with Gasteiger partial charge in [-0.25, -0.2) is 4.79 Å². The normalized spacial score (nSPS) is 10.9. The van der Waals surface area contributed by atoms with Gasteiger partial charge >= 0.3 is 11.0 Å². The molecule has 0 spiro atoms. The smallest absolute Gasteiger partial charge is 0.341 e. The van der Waals surface area contributed by atoms with Gasteiger partial charge in [-0.3, -0.25) is 14.9 Å². The summed E-state index contributed by atoms with van der Waals surface area (Å²) in [7, 11) is 0. The van der Waals surface area contributed by atoms with E-state index in [2.05, 4.69) is 5.32 Å². The maximum absolute atomic E-state index is 12.6. The molecule has 30 heavy (non-hydrogen) atoms. The van der Waals surface area contributed by atoms with Crippen molar-refractivity contribution in [1.29, 1.82) is 0 Å². The molecule has 0 radical (unpaired) electrons. The maximum atomic E-state index is 12.6. The molecule has 2 heterocycles. The Balaban J connectivity index is 1.84. The Morgan fingerprint density at radius 1 is 1.20 bits per heavy atom. The van der Waals surface area contributed by atoms with Crippen LogP contribution in [0.1, 0.15) is 27.7 Å². The number of nitrogens with one attached hydrogen (secondary N) is 1. The molecule has 3 rings (SSSR count). The fourth-order valence-electron chi connectivity index (χ4n) is 2.64. The molecule has 154 valence electrons. The lowest BCUT2D eigenvalue weighted by Crippen LogP contribution is -2.12. The van der Waals surface area contributed by atoms with Crippen LogP contribution in [-0.2, 0) is 9.53 Å². The molecule has 0 saturated carbocycles. The first-order chi connectivity index (χ1) is 14.4. The molecule has 1 amide bonds. The summed E-state index contributed by atoms with van der Waals surface area (Å²) in [6, 6.07) is 10.7. The summed E-state index contributed by atoms with van der Waals surface area (Å²) in [5.41, 5.74) is 2.94. The number of ether oxygens (including phenoxy) is 1. The quantitative estimate of drug-likeness (QED) is 0.225. The number of rotatable bonds is 7. The molecule has 1 aromatic carbocycles. The first-order valence-corrected chi connectivity index (χ1v) is 10.7. The van der Waals surface area contributed by atoms with Gasteiger partial charge in [0.25, 0.3) is 0 Å². The molecule has 7 nitrogen and oxygen atoms in total. The monoisotopic (exact) mass is 442 g/mol. The molecule has 1 N–H and O–H groups in total. The van der Waals surface area contributed by atoms with E-state index in [1.807, 2.05) is 31.2 Å². The van der Waals surface area contributed by atoms with Crippen LogP contribution in [0.2, 0.25) is 0 Å². The van der Waals surface area contributed by atoms with Crippen LogP contribution in [0.25, 0.3) is 17.2 Å². The average molecular weight is 443 g/mol. The fraction of sp³-hybridized carbons (Fsp3) is 0.143. The van der Waals surface area contributed by atoms with Crippen molar-refractivity contribution < 1.29 is 19.2 Å². The van der Waals surface area contributed by atoms with E-state index in [4.69, 9.17) is 4.74 Å². The van der Waals surface area contributed by atoms with Crippen molar-refractivity contribution in [3.63, 3.8) is 0 Å². The first kappa shape index (κ1) is 21.4. The van der Waals surface area contributed by atoms with E-state index in [1.165, 1.54) is 29.6 Å². The van der Waals surface area contributed by atoms with Crippen LogP contribution >= 0.6 is 22.7 Å². The highest BCUT2D eigenvalue weighted by Crippen LogP contribution is 2.36. The molecule has 0 bridgehead atoms. The summed E-state index contributed by atoms with van der Waals surface area (Å²) in [6.07, 6.45) is 2.77. The third kappa shape index (κ3) is 5.00. The summed E-state index contributed by atoms with van der Waals surface area (Å²) in [5.74, 6) is -0.962. The van der Waals surface area contributed by atoms with Crippen LogP contribution in [0.15, 0.2) is 47.9 Å². The van der Waals surface area contributed by atoms with Gasteiger partial charge in [-0.2, -0.15) is 0 Å². The minimum Gasteiger partial charge on any atom is -0.462 e. The number of nitrogens with zero attached hydrogens (tertiary/aromatic N) is 1. The van der Waals surface area contributed by atoms with Crippen molar-refractivity contribution >= 4 is 50.6 Å². The Hall–Kier alpha value is -3.30. The number of thiophene rings is 2. The lowest BCUT2D eigenvalue weighted by molar-refractivity contribution is -0.380. The number of aryl methyl sites for hydroxylation is 1. The lowest BCUT2D eigenvalue weighted by Gasteiger charge is -2.08. The van der Waals surface area contributed by atoms with Crippen LogP contribution in [0.5, 0.6) is 0 Å². The zero-order valence-corrected chi connectivity index (χ0v) is 17.8. The Kier molecular flexibility index (Phi) is 6.76. The minimum absolute atomic E-state index is 0.000604. The number of nitro groups is 1. The highest BCUT2D eigenvalue weighted by molar-refractivity contribution is 7.16. The van der Waals surface area contributed by atoms with E-state index in [1.54, 1.807) is 18.4 Å². The first-order valence-electron chi connectivity index (χ1n) is 8.98. The zero-order chi connectivity index (χ0) is 21.7. The summed E-state index contributed by atoms with van der Waals surface area (Å²) in [5, 5.41) is 15.7. The number of esters is 1. The van der Waals surface area contributed by atoms with Crippen molar-refractivity contribution in [2.75, 3.05) is 11.9 Å².